The van der Waals surface area contributed by atoms with E-state index in [1.807, 2.05) is 52.0 Å². The summed E-state index contributed by atoms with van der Waals surface area (Å²) in [5.41, 5.74) is 3.82. The lowest BCUT2D eigenvalue weighted by molar-refractivity contribution is 0.322. The van der Waals surface area contributed by atoms with Crippen LogP contribution in [0.15, 0.2) is 39.3 Å². The van der Waals surface area contributed by atoms with Gasteiger partial charge in [-0.3, -0.25) is 9.89 Å². The maximum Gasteiger partial charge on any atom is 0.301 e. The van der Waals surface area contributed by atoms with E-state index in [0.717, 1.165) is 16.8 Å². The smallest absolute Gasteiger partial charge is 0.301 e. The number of rotatable bonds is 5. The van der Waals surface area contributed by atoms with Gasteiger partial charge in [-0.1, -0.05) is 17.7 Å². The lowest BCUT2D eigenvalue weighted by Crippen LogP contribution is -2.18. The monoisotopic (exact) mass is 366 g/mol. The molecule has 2 aromatic heterocycles. The summed E-state index contributed by atoms with van der Waals surface area (Å²) in [5, 5.41) is 11.2. The van der Waals surface area contributed by atoms with Gasteiger partial charge in [0.2, 0.25) is 5.88 Å². The average molecular weight is 366 g/mol. The minimum absolute atomic E-state index is 0.214. The van der Waals surface area contributed by atoms with Crippen LogP contribution in [0.1, 0.15) is 29.4 Å². The summed E-state index contributed by atoms with van der Waals surface area (Å²) >= 11 is 0. The highest BCUT2D eigenvalue weighted by Crippen LogP contribution is 2.21. The molecule has 8 nitrogen and oxygen atoms in total. The Bertz CT molecular complexity index is 1050. The van der Waals surface area contributed by atoms with E-state index in [4.69, 9.17) is 4.74 Å². The molecule has 140 valence electrons. The molecule has 0 radical (unpaired) electrons. The Labute approximate surface area is 157 Å². The van der Waals surface area contributed by atoms with Crippen LogP contribution in [0.2, 0.25) is 0 Å². The third-order valence-corrected chi connectivity index (χ3v) is 4.15. The van der Waals surface area contributed by atoms with Crippen LogP contribution < -0.4 is 10.3 Å². The van der Waals surface area contributed by atoms with Crippen LogP contribution >= 0.6 is 0 Å². The van der Waals surface area contributed by atoms with Crippen molar-refractivity contribution in [2.75, 3.05) is 6.61 Å². The predicted octanol–water partition coefficient (Wildman–Crippen LogP) is 4.00. The molecule has 8 heteroatoms. The van der Waals surface area contributed by atoms with Gasteiger partial charge >= 0.3 is 5.56 Å². The van der Waals surface area contributed by atoms with Crippen molar-refractivity contribution in [2.45, 2.75) is 34.6 Å². The van der Waals surface area contributed by atoms with E-state index in [1.54, 1.807) is 6.92 Å². The third-order valence-electron chi connectivity index (χ3n) is 4.15. The van der Waals surface area contributed by atoms with Gasteiger partial charge in [0, 0.05) is 11.3 Å². The fourth-order valence-corrected chi connectivity index (χ4v) is 2.48. The topological polar surface area (TPSA) is 97.5 Å². The summed E-state index contributed by atoms with van der Waals surface area (Å²) < 4.78 is 6.81. The fourth-order valence-electron chi connectivity index (χ4n) is 2.48. The number of hydrogen-bond acceptors (Lipinski definition) is 6. The number of H-pyrrole nitrogens is 1. The van der Waals surface area contributed by atoms with E-state index in [1.165, 1.54) is 4.68 Å². The first kappa shape index (κ1) is 18.5. The van der Waals surface area contributed by atoms with Crippen molar-refractivity contribution in [3.63, 3.8) is 0 Å². The van der Waals surface area contributed by atoms with Gasteiger partial charge in [-0.2, -0.15) is 14.8 Å². The number of azo groups is 1. The van der Waals surface area contributed by atoms with Gasteiger partial charge in [-0.25, -0.2) is 4.98 Å². The van der Waals surface area contributed by atoms with Crippen molar-refractivity contribution in [3.05, 3.63) is 57.1 Å². The molecule has 2 heterocycles. The Morgan fingerprint density at radius 3 is 2.44 bits per heavy atom. The second-order valence-corrected chi connectivity index (χ2v) is 6.23. The van der Waals surface area contributed by atoms with E-state index < -0.39 is 0 Å². The Hall–Kier alpha value is -3.29. The van der Waals surface area contributed by atoms with Gasteiger partial charge in [0.1, 0.15) is 0 Å². The van der Waals surface area contributed by atoms with E-state index in [2.05, 4.69) is 25.3 Å². The van der Waals surface area contributed by atoms with Crippen LogP contribution in [-0.2, 0) is 0 Å². The van der Waals surface area contributed by atoms with Crippen molar-refractivity contribution >= 4 is 11.4 Å². The van der Waals surface area contributed by atoms with Gasteiger partial charge in [0.05, 0.1) is 18.0 Å². The highest BCUT2D eigenvalue weighted by molar-refractivity contribution is 5.43. The first-order chi connectivity index (χ1) is 12.9. The normalized spacial score (nSPS) is 11.3. The predicted molar refractivity (Wildman–Crippen MR) is 103 cm³/mol. The Kier molecular flexibility index (Phi) is 5.16. The molecule has 0 saturated carbocycles. The quantitative estimate of drug-likeness (QED) is 0.690. The zero-order valence-electron chi connectivity index (χ0n) is 16.1. The van der Waals surface area contributed by atoms with Gasteiger partial charge < -0.3 is 4.74 Å². The summed E-state index contributed by atoms with van der Waals surface area (Å²) in [6.07, 6.45) is 0. The average Bonchev–Trinajstić information content (AvgIpc) is 2.92. The van der Waals surface area contributed by atoms with Crippen LogP contribution in [0.4, 0.5) is 11.4 Å². The molecule has 0 fully saturated rings. The van der Waals surface area contributed by atoms with Crippen molar-refractivity contribution in [1.29, 1.82) is 0 Å². The number of hydrogen-bond donors (Lipinski definition) is 1. The minimum Gasteiger partial charge on any atom is -0.478 e. The van der Waals surface area contributed by atoms with Crippen LogP contribution in [-0.4, -0.2) is 26.4 Å². The summed E-state index contributed by atoms with van der Waals surface area (Å²) in [5.74, 6) is 0.674. The molecule has 1 N–H and O–H groups in total. The molecule has 27 heavy (non-hydrogen) atoms. The van der Waals surface area contributed by atoms with E-state index >= 15 is 0 Å². The van der Waals surface area contributed by atoms with E-state index in [-0.39, 0.29) is 17.2 Å². The molecule has 3 aromatic rings. The van der Waals surface area contributed by atoms with Crippen molar-refractivity contribution in [3.8, 4) is 11.8 Å². The molecule has 0 saturated heterocycles. The summed E-state index contributed by atoms with van der Waals surface area (Å²) in [6.45, 7) is 9.84. The van der Waals surface area contributed by atoms with E-state index in [9.17, 15) is 4.79 Å². The molecule has 0 unspecified atom stereocenters. The Balaban J connectivity index is 2.01. The van der Waals surface area contributed by atoms with Crippen molar-refractivity contribution < 1.29 is 4.74 Å². The molecule has 0 atom stereocenters. The molecule has 3 rings (SSSR count). The van der Waals surface area contributed by atoms with Gasteiger partial charge in [-0.15, -0.1) is 5.11 Å². The SMILES string of the molecule is CCOc1nc(-n2[nH]c(C)c(N=Nc3ccc(C)cc3)c2=O)nc(C)c1C. The molecule has 0 aliphatic carbocycles. The lowest BCUT2D eigenvalue weighted by Gasteiger charge is -2.10. The number of nitrogens with one attached hydrogen (secondary N) is 1. The van der Waals surface area contributed by atoms with Gasteiger partial charge in [0.25, 0.3) is 5.95 Å². The fraction of sp³-hybridized carbons (Fsp3) is 0.316. The summed E-state index contributed by atoms with van der Waals surface area (Å²) in [6, 6.07) is 7.57. The first-order valence-corrected chi connectivity index (χ1v) is 8.69. The zero-order chi connectivity index (χ0) is 19.6. The number of aryl methyl sites for hydroxylation is 3. The van der Waals surface area contributed by atoms with Crippen LogP contribution in [0, 0.1) is 27.7 Å². The van der Waals surface area contributed by atoms with Crippen molar-refractivity contribution in [2.24, 2.45) is 10.2 Å². The molecular weight excluding hydrogens is 344 g/mol. The Morgan fingerprint density at radius 2 is 1.78 bits per heavy atom. The molecule has 0 spiro atoms. The second kappa shape index (κ2) is 7.53. The first-order valence-electron chi connectivity index (χ1n) is 8.69. The number of aromatic nitrogens is 4. The number of nitrogens with zero attached hydrogens (tertiary/aromatic N) is 5. The molecule has 0 aliphatic heterocycles. The number of benzene rings is 1. The molecule has 0 aliphatic rings. The van der Waals surface area contributed by atoms with Crippen molar-refractivity contribution in [1.82, 2.24) is 19.7 Å². The third kappa shape index (κ3) is 3.79. The molecule has 0 amide bonds. The number of ether oxygens (including phenoxy) is 1. The Morgan fingerprint density at radius 1 is 1.07 bits per heavy atom. The van der Waals surface area contributed by atoms with Crippen LogP contribution in [0.25, 0.3) is 5.95 Å². The zero-order valence-corrected chi connectivity index (χ0v) is 16.1. The molecule has 0 bridgehead atoms. The van der Waals surface area contributed by atoms with E-state index in [0.29, 0.717) is 23.9 Å². The standard InChI is InChI=1S/C19H22N6O2/c1-6-27-17-12(3)13(4)20-19(21-17)25-18(26)16(14(5)24-25)23-22-15-9-7-11(2)8-10-15/h7-10,24H,6H2,1-5H3. The lowest BCUT2D eigenvalue weighted by atomic mass is 10.2. The maximum absolute atomic E-state index is 12.8. The second-order valence-electron chi connectivity index (χ2n) is 6.23. The largest absolute Gasteiger partial charge is 0.478 e. The summed E-state index contributed by atoms with van der Waals surface area (Å²) in [4.78, 5) is 21.5. The molecule has 1 aromatic carbocycles. The highest BCUT2D eigenvalue weighted by Gasteiger charge is 2.17. The minimum atomic E-state index is -0.367. The summed E-state index contributed by atoms with van der Waals surface area (Å²) in [7, 11) is 0. The van der Waals surface area contributed by atoms with Crippen LogP contribution in [0.5, 0.6) is 5.88 Å². The molecular formula is C19H22N6O2. The van der Waals surface area contributed by atoms with Gasteiger partial charge in [-0.05, 0) is 46.8 Å². The maximum atomic E-state index is 12.8. The number of aromatic amines is 1. The highest BCUT2D eigenvalue weighted by atomic mass is 16.5. The van der Waals surface area contributed by atoms with Gasteiger partial charge in [0.15, 0.2) is 5.69 Å². The van der Waals surface area contributed by atoms with Crippen LogP contribution in [0.3, 0.4) is 0 Å².